The van der Waals surface area contributed by atoms with Crippen LogP contribution in [0.4, 0.5) is 0 Å². The molecule has 0 heterocycles. The molecule has 4 nitrogen and oxygen atoms in total. The van der Waals surface area contributed by atoms with Crippen LogP contribution in [0.25, 0.3) is 0 Å². The van der Waals surface area contributed by atoms with Crippen LogP contribution in [0.2, 0.25) is 0 Å². The van der Waals surface area contributed by atoms with Crippen LogP contribution in [0, 0.1) is 12.8 Å². The van der Waals surface area contributed by atoms with E-state index < -0.39 is 6.10 Å². The molecule has 3 N–H and O–H groups in total. The van der Waals surface area contributed by atoms with Gasteiger partial charge in [0, 0.05) is 12.1 Å². The molecule has 0 aromatic heterocycles. The zero-order valence-corrected chi connectivity index (χ0v) is 10.4. The smallest absolute Gasteiger partial charge is 0.251 e. The molecule has 0 fully saturated rings. The fraction of sp³-hybridized carbons (Fsp3) is 0.462. The van der Waals surface area contributed by atoms with E-state index in [0.29, 0.717) is 11.1 Å². The minimum atomic E-state index is -0.545. The number of benzene rings is 1. The quantitative estimate of drug-likeness (QED) is 0.742. The fourth-order valence-corrected chi connectivity index (χ4v) is 1.43. The number of carbonyl (C=O) groups is 1. The molecule has 1 unspecified atom stereocenters. The van der Waals surface area contributed by atoms with Crippen molar-refractivity contribution in [3.05, 3.63) is 29.3 Å². The highest BCUT2D eigenvalue weighted by atomic mass is 16.3. The van der Waals surface area contributed by atoms with Crippen LogP contribution in [0.1, 0.15) is 29.8 Å². The molecule has 4 heteroatoms. The summed E-state index contributed by atoms with van der Waals surface area (Å²) in [6, 6.07) is 4.58. The first-order chi connectivity index (χ1) is 7.91. The van der Waals surface area contributed by atoms with Crippen molar-refractivity contribution in [1.29, 1.82) is 0 Å². The minimum absolute atomic E-state index is 0.108. The van der Waals surface area contributed by atoms with Crippen molar-refractivity contribution in [3.63, 3.8) is 0 Å². The van der Waals surface area contributed by atoms with Crippen LogP contribution in [0.5, 0.6) is 5.75 Å². The first-order valence-electron chi connectivity index (χ1n) is 5.67. The van der Waals surface area contributed by atoms with Crippen LogP contribution in [-0.4, -0.2) is 28.8 Å². The number of aryl methyl sites for hydroxylation is 1. The molecule has 94 valence electrons. The summed E-state index contributed by atoms with van der Waals surface area (Å²) in [7, 11) is 0. The highest BCUT2D eigenvalue weighted by Crippen LogP contribution is 2.15. The van der Waals surface area contributed by atoms with Gasteiger partial charge < -0.3 is 15.5 Å². The Balaban J connectivity index is 2.64. The number of rotatable bonds is 4. The molecular formula is C13H19NO3. The summed E-state index contributed by atoms with van der Waals surface area (Å²) in [5.41, 5.74) is 1.22. The molecule has 0 bridgehead atoms. The zero-order chi connectivity index (χ0) is 13.0. The topological polar surface area (TPSA) is 69.6 Å². The third kappa shape index (κ3) is 3.75. The highest BCUT2D eigenvalue weighted by molar-refractivity contribution is 5.95. The van der Waals surface area contributed by atoms with Crippen LogP contribution in [-0.2, 0) is 0 Å². The molecule has 1 rings (SSSR count). The molecule has 0 saturated carbocycles. The number of phenolic OH excluding ortho intramolecular Hbond substituents is 1. The molecule has 0 radical (unpaired) electrons. The Morgan fingerprint density at radius 2 is 2.06 bits per heavy atom. The van der Waals surface area contributed by atoms with Crippen LogP contribution in [0.15, 0.2) is 18.2 Å². The molecule has 1 aromatic carbocycles. The van der Waals surface area contributed by atoms with Crippen molar-refractivity contribution in [1.82, 2.24) is 5.32 Å². The van der Waals surface area contributed by atoms with E-state index in [-0.39, 0.29) is 24.1 Å². The second-order valence-corrected chi connectivity index (χ2v) is 4.52. The van der Waals surface area contributed by atoms with E-state index in [9.17, 15) is 15.0 Å². The SMILES string of the molecule is Cc1cc(O)ccc1C(=O)NCC(O)C(C)C. The van der Waals surface area contributed by atoms with Gasteiger partial charge in [-0.3, -0.25) is 4.79 Å². The van der Waals surface area contributed by atoms with Crippen LogP contribution in [0.3, 0.4) is 0 Å². The first-order valence-corrected chi connectivity index (χ1v) is 5.67. The predicted octanol–water partition coefficient (Wildman–Crippen LogP) is 1.45. The third-order valence-electron chi connectivity index (χ3n) is 2.70. The van der Waals surface area contributed by atoms with E-state index in [1.165, 1.54) is 12.1 Å². The van der Waals surface area contributed by atoms with Gasteiger partial charge in [0.15, 0.2) is 0 Å². The Bertz CT molecular complexity index is 402. The summed E-state index contributed by atoms with van der Waals surface area (Å²) in [5, 5.41) is 21.5. The molecule has 0 aliphatic heterocycles. The normalized spacial score (nSPS) is 12.5. The van der Waals surface area contributed by atoms with Gasteiger partial charge in [-0.25, -0.2) is 0 Å². The number of carbonyl (C=O) groups excluding carboxylic acids is 1. The predicted molar refractivity (Wildman–Crippen MR) is 66.0 cm³/mol. The fourth-order valence-electron chi connectivity index (χ4n) is 1.43. The average Bonchev–Trinajstić information content (AvgIpc) is 2.25. The van der Waals surface area contributed by atoms with Gasteiger partial charge in [-0.05, 0) is 36.6 Å². The Hall–Kier alpha value is -1.55. The van der Waals surface area contributed by atoms with Crippen molar-refractivity contribution in [2.24, 2.45) is 5.92 Å². The van der Waals surface area contributed by atoms with Crippen molar-refractivity contribution in [2.45, 2.75) is 26.9 Å². The molecule has 1 aromatic rings. The van der Waals surface area contributed by atoms with E-state index >= 15 is 0 Å². The lowest BCUT2D eigenvalue weighted by molar-refractivity contribution is 0.0871. The van der Waals surface area contributed by atoms with Crippen molar-refractivity contribution in [2.75, 3.05) is 6.54 Å². The molecule has 0 aliphatic carbocycles. The van der Waals surface area contributed by atoms with E-state index in [1.807, 2.05) is 13.8 Å². The molecule has 0 saturated heterocycles. The van der Waals surface area contributed by atoms with Crippen LogP contribution < -0.4 is 5.32 Å². The monoisotopic (exact) mass is 237 g/mol. The van der Waals surface area contributed by atoms with Gasteiger partial charge in [0.25, 0.3) is 5.91 Å². The second-order valence-electron chi connectivity index (χ2n) is 4.52. The number of hydrogen-bond acceptors (Lipinski definition) is 3. The number of aliphatic hydroxyl groups excluding tert-OH is 1. The average molecular weight is 237 g/mol. The minimum Gasteiger partial charge on any atom is -0.508 e. The molecule has 0 spiro atoms. The number of phenols is 1. The summed E-state index contributed by atoms with van der Waals surface area (Å²) in [5.74, 6) is 0.0136. The Morgan fingerprint density at radius 3 is 2.59 bits per heavy atom. The lowest BCUT2D eigenvalue weighted by Gasteiger charge is -2.15. The van der Waals surface area contributed by atoms with Crippen molar-refractivity contribution in [3.8, 4) is 5.75 Å². The lowest BCUT2D eigenvalue weighted by atomic mass is 10.1. The van der Waals surface area contributed by atoms with E-state index in [0.717, 1.165) is 0 Å². The summed E-state index contributed by atoms with van der Waals surface area (Å²) in [4.78, 5) is 11.8. The summed E-state index contributed by atoms with van der Waals surface area (Å²) >= 11 is 0. The van der Waals surface area contributed by atoms with Gasteiger partial charge in [-0.1, -0.05) is 13.8 Å². The molecule has 17 heavy (non-hydrogen) atoms. The standard InChI is InChI=1S/C13H19NO3/c1-8(2)12(16)7-14-13(17)11-5-4-10(15)6-9(11)3/h4-6,8,12,15-16H,7H2,1-3H3,(H,14,17). The number of aromatic hydroxyl groups is 1. The first kappa shape index (κ1) is 13.5. The summed E-state index contributed by atoms with van der Waals surface area (Å²) < 4.78 is 0. The maximum absolute atomic E-state index is 11.8. The zero-order valence-electron chi connectivity index (χ0n) is 10.4. The maximum atomic E-state index is 11.8. The Kier molecular flexibility index (Phi) is 4.52. The summed E-state index contributed by atoms with van der Waals surface area (Å²) in [6.07, 6.45) is -0.545. The van der Waals surface area contributed by atoms with Gasteiger partial charge >= 0.3 is 0 Å². The summed E-state index contributed by atoms with van der Waals surface area (Å²) in [6.45, 7) is 5.77. The lowest BCUT2D eigenvalue weighted by Crippen LogP contribution is -2.34. The number of hydrogen-bond donors (Lipinski definition) is 3. The van der Waals surface area contributed by atoms with E-state index in [4.69, 9.17) is 0 Å². The highest BCUT2D eigenvalue weighted by Gasteiger charge is 2.13. The van der Waals surface area contributed by atoms with Gasteiger partial charge in [-0.15, -0.1) is 0 Å². The number of aliphatic hydroxyl groups is 1. The number of amides is 1. The largest absolute Gasteiger partial charge is 0.508 e. The van der Waals surface area contributed by atoms with Crippen LogP contribution >= 0.6 is 0 Å². The van der Waals surface area contributed by atoms with Crippen molar-refractivity contribution < 1.29 is 15.0 Å². The van der Waals surface area contributed by atoms with Gasteiger partial charge in [0.2, 0.25) is 0 Å². The number of nitrogens with one attached hydrogen (secondary N) is 1. The molecular weight excluding hydrogens is 218 g/mol. The Morgan fingerprint density at radius 1 is 1.41 bits per heavy atom. The molecule has 1 atom stereocenters. The van der Waals surface area contributed by atoms with Crippen molar-refractivity contribution >= 4 is 5.91 Å². The van der Waals surface area contributed by atoms with E-state index in [2.05, 4.69) is 5.32 Å². The molecule has 0 aliphatic rings. The third-order valence-corrected chi connectivity index (χ3v) is 2.70. The maximum Gasteiger partial charge on any atom is 0.251 e. The Labute approximate surface area is 101 Å². The van der Waals surface area contributed by atoms with Gasteiger partial charge in [0.05, 0.1) is 6.10 Å². The molecule has 1 amide bonds. The van der Waals surface area contributed by atoms with E-state index in [1.54, 1.807) is 13.0 Å². The van der Waals surface area contributed by atoms with Gasteiger partial charge in [0.1, 0.15) is 5.75 Å². The second kappa shape index (κ2) is 5.68. The van der Waals surface area contributed by atoms with Gasteiger partial charge in [-0.2, -0.15) is 0 Å².